The number of nitrogen functional groups attached to an aromatic ring is 2. The zero-order valence-electron chi connectivity index (χ0n) is 16.5. The number of nitrogens with zero attached hydrogens (tertiary/aromatic N) is 4. The standard InChI is InChI=1S/C22H20ClN7O/c23-18-6-7-19(31)15-10-14(30(12-17(15)18)13-4-2-1-3-5-13)8-9-27-21-16(11-24)20(25)28-22(26)29-21/h1-6,10,12,14H,7-9H2,(H5,25,26,27,28,29)/t14-/m0/s1. The molecule has 0 bridgehead atoms. The maximum Gasteiger partial charge on any atom is 0.224 e. The van der Waals surface area contributed by atoms with Crippen LogP contribution < -0.4 is 21.7 Å². The fourth-order valence-corrected chi connectivity index (χ4v) is 3.89. The molecule has 2 heterocycles. The number of aromatic nitrogens is 2. The van der Waals surface area contributed by atoms with Crippen molar-refractivity contribution in [2.45, 2.75) is 18.9 Å². The van der Waals surface area contributed by atoms with E-state index in [1.165, 1.54) is 0 Å². The van der Waals surface area contributed by atoms with E-state index in [9.17, 15) is 10.1 Å². The number of halogens is 1. The summed E-state index contributed by atoms with van der Waals surface area (Å²) in [6, 6.07) is 11.7. The molecule has 0 saturated carbocycles. The minimum atomic E-state index is -0.109. The van der Waals surface area contributed by atoms with Crippen molar-refractivity contribution in [3.63, 3.8) is 0 Å². The summed E-state index contributed by atoms with van der Waals surface area (Å²) in [5.74, 6) is 0.360. The number of nitrogens with two attached hydrogens (primary N) is 2. The zero-order valence-corrected chi connectivity index (χ0v) is 17.3. The molecule has 1 aromatic heterocycles. The highest BCUT2D eigenvalue weighted by Gasteiger charge is 2.29. The van der Waals surface area contributed by atoms with Crippen LogP contribution in [0.1, 0.15) is 18.4 Å². The topological polar surface area (TPSA) is 134 Å². The van der Waals surface area contributed by atoms with Gasteiger partial charge in [0.2, 0.25) is 5.95 Å². The predicted molar refractivity (Wildman–Crippen MR) is 121 cm³/mol. The Labute approximate surface area is 184 Å². The molecule has 0 amide bonds. The van der Waals surface area contributed by atoms with Crippen LogP contribution in [0, 0.1) is 11.3 Å². The second kappa shape index (κ2) is 8.50. The molecular weight excluding hydrogens is 414 g/mol. The summed E-state index contributed by atoms with van der Waals surface area (Å²) in [5, 5.41) is 13.0. The van der Waals surface area contributed by atoms with E-state index in [0.717, 1.165) is 11.3 Å². The van der Waals surface area contributed by atoms with Gasteiger partial charge in [-0.05, 0) is 18.6 Å². The molecule has 2 aliphatic rings. The Kier molecular flexibility index (Phi) is 5.60. The van der Waals surface area contributed by atoms with E-state index in [1.807, 2.05) is 48.7 Å². The van der Waals surface area contributed by atoms with Gasteiger partial charge in [-0.3, -0.25) is 4.79 Å². The van der Waals surface area contributed by atoms with Gasteiger partial charge < -0.3 is 21.7 Å². The highest BCUT2D eigenvalue weighted by molar-refractivity contribution is 6.34. The molecule has 5 N–H and O–H groups in total. The lowest BCUT2D eigenvalue weighted by Gasteiger charge is -2.35. The molecule has 156 valence electrons. The Morgan fingerprint density at radius 2 is 2.00 bits per heavy atom. The lowest BCUT2D eigenvalue weighted by molar-refractivity contribution is -0.114. The van der Waals surface area contributed by atoms with Gasteiger partial charge in [0.15, 0.2) is 11.6 Å². The Balaban J connectivity index is 1.60. The van der Waals surface area contributed by atoms with Gasteiger partial charge in [0.1, 0.15) is 17.5 Å². The summed E-state index contributed by atoms with van der Waals surface area (Å²) < 4.78 is 0. The molecule has 31 heavy (non-hydrogen) atoms. The molecule has 8 nitrogen and oxygen atoms in total. The van der Waals surface area contributed by atoms with Crippen molar-refractivity contribution < 1.29 is 4.79 Å². The van der Waals surface area contributed by atoms with Gasteiger partial charge in [-0.2, -0.15) is 15.2 Å². The van der Waals surface area contributed by atoms with Gasteiger partial charge in [-0.1, -0.05) is 42.0 Å². The Bertz CT molecular complexity index is 1160. The van der Waals surface area contributed by atoms with E-state index >= 15 is 0 Å². The van der Waals surface area contributed by atoms with Crippen LogP contribution in [-0.2, 0) is 4.79 Å². The molecular formula is C22H20ClN7O. The molecule has 0 fully saturated rings. The monoisotopic (exact) mass is 433 g/mol. The third-order valence-corrected chi connectivity index (χ3v) is 5.51. The maximum atomic E-state index is 12.5. The van der Waals surface area contributed by atoms with E-state index < -0.39 is 0 Å². The molecule has 9 heteroatoms. The van der Waals surface area contributed by atoms with Crippen molar-refractivity contribution in [1.29, 1.82) is 5.26 Å². The molecule has 1 aliphatic heterocycles. The number of ketones is 1. The number of hydrogen-bond acceptors (Lipinski definition) is 8. The van der Waals surface area contributed by atoms with E-state index in [0.29, 0.717) is 30.0 Å². The van der Waals surface area contributed by atoms with E-state index in [4.69, 9.17) is 23.1 Å². The largest absolute Gasteiger partial charge is 0.382 e. The number of allylic oxidation sites excluding steroid dienone is 4. The second-order valence-electron chi connectivity index (χ2n) is 7.13. The van der Waals surface area contributed by atoms with Crippen molar-refractivity contribution in [1.82, 2.24) is 9.97 Å². The highest BCUT2D eigenvalue weighted by atomic mass is 35.5. The van der Waals surface area contributed by atoms with Gasteiger partial charge in [0.25, 0.3) is 0 Å². The number of nitrogens with one attached hydrogen (secondary N) is 1. The second-order valence-corrected chi connectivity index (χ2v) is 7.54. The summed E-state index contributed by atoms with van der Waals surface area (Å²) in [5.41, 5.74) is 13.9. The molecule has 0 unspecified atom stereocenters. The molecule has 0 saturated heterocycles. The fourth-order valence-electron chi connectivity index (χ4n) is 3.66. The van der Waals surface area contributed by atoms with Crippen LogP contribution >= 0.6 is 11.6 Å². The molecule has 2 aromatic rings. The molecule has 1 aliphatic carbocycles. The van der Waals surface area contributed by atoms with Crippen LogP contribution in [0.25, 0.3) is 0 Å². The number of fused-ring (bicyclic) bond motifs is 1. The SMILES string of the molecule is N#Cc1c(N)nc(N)nc1NCC[C@H]1C=C2C(=O)CC=C(Cl)C2=CN1c1ccccc1. The van der Waals surface area contributed by atoms with E-state index in [2.05, 4.69) is 20.2 Å². The molecule has 0 radical (unpaired) electrons. The van der Waals surface area contributed by atoms with Crippen molar-refractivity contribution in [3.8, 4) is 6.07 Å². The summed E-state index contributed by atoms with van der Waals surface area (Å²) in [7, 11) is 0. The van der Waals surface area contributed by atoms with E-state index in [1.54, 1.807) is 6.08 Å². The molecule has 1 aromatic carbocycles. The first-order chi connectivity index (χ1) is 15.0. The van der Waals surface area contributed by atoms with Crippen LogP contribution in [0.3, 0.4) is 0 Å². The third-order valence-electron chi connectivity index (χ3n) is 5.15. The van der Waals surface area contributed by atoms with Crippen molar-refractivity contribution in [2.24, 2.45) is 0 Å². The van der Waals surface area contributed by atoms with Crippen LogP contribution in [0.15, 0.2) is 64.9 Å². The normalized spacial score (nSPS) is 17.8. The van der Waals surface area contributed by atoms with Crippen LogP contribution in [0.4, 0.5) is 23.3 Å². The molecule has 0 spiro atoms. The van der Waals surface area contributed by atoms with Crippen LogP contribution in [0.5, 0.6) is 0 Å². The Morgan fingerprint density at radius 1 is 1.23 bits per heavy atom. The minimum absolute atomic E-state index is 0.00787. The van der Waals surface area contributed by atoms with Gasteiger partial charge in [-0.15, -0.1) is 0 Å². The zero-order chi connectivity index (χ0) is 22.0. The minimum Gasteiger partial charge on any atom is -0.382 e. The summed E-state index contributed by atoms with van der Waals surface area (Å²) >= 11 is 6.40. The first kappa shape index (κ1) is 20.4. The lowest BCUT2D eigenvalue weighted by Crippen LogP contribution is -2.36. The van der Waals surface area contributed by atoms with Crippen LogP contribution in [-0.4, -0.2) is 28.3 Å². The quantitative estimate of drug-likeness (QED) is 0.654. The smallest absolute Gasteiger partial charge is 0.224 e. The average Bonchev–Trinajstić information content (AvgIpc) is 2.76. The number of carbonyl (C=O) groups excluding carboxylic acids is 1. The number of hydrogen-bond donors (Lipinski definition) is 3. The van der Waals surface area contributed by atoms with Gasteiger partial charge in [-0.25, -0.2) is 0 Å². The Morgan fingerprint density at radius 3 is 2.74 bits per heavy atom. The first-order valence-corrected chi connectivity index (χ1v) is 10.1. The lowest BCUT2D eigenvalue weighted by atomic mass is 9.89. The highest BCUT2D eigenvalue weighted by Crippen LogP contribution is 2.36. The number of carbonyl (C=O) groups is 1. The number of benzene rings is 1. The average molecular weight is 434 g/mol. The number of rotatable bonds is 5. The predicted octanol–water partition coefficient (Wildman–Crippen LogP) is 3.11. The number of para-hydroxylation sites is 1. The van der Waals surface area contributed by atoms with Gasteiger partial charge >= 0.3 is 0 Å². The van der Waals surface area contributed by atoms with Gasteiger partial charge in [0, 0.05) is 41.0 Å². The van der Waals surface area contributed by atoms with Crippen LogP contribution in [0.2, 0.25) is 0 Å². The maximum absolute atomic E-state index is 12.5. The Hall–Kier alpha value is -3.83. The van der Waals surface area contributed by atoms with Crippen molar-refractivity contribution in [2.75, 3.05) is 28.2 Å². The molecule has 4 rings (SSSR count). The number of anilines is 4. The number of nitriles is 1. The fraction of sp³-hybridized carbons (Fsp3) is 0.182. The van der Waals surface area contributed by atoms with Crippen molar-refractivity contribution >= 4 is 40.7 Å². The van der Waals surface area contributed by atoms with Gasteiger partial charge in [0.05, 0.1) is 6.04 Å². The summed E-state index contributed by atoms with van der Waals surface area (Å²) in [6.45, 7) is 0.462. The third kappa shape index (κ3) is 4.09. The molecule has 1 atom stereocenters. The first-order valence-electron chi connectivity index (χ1n) is 9.71. The number of Topliss-reactive ketones (excluding diaryl/α,β-unsaturated/α-hetero) is 1. The summed E-state index contributed by atoms with van der Waals surface area (Å²) in [6.07, 6.45) is 6.53. The summed E-state index contributed by atoms with van der Waals surface area (Å²) in [4.78, 5) is 22.5. The van der Waals surface area contributed by atoms with Crippen molar-refractivity contribution in [3.05, 3.63) is 70.4 Å². The van der Waals surface area contributed by atoms with E-state index in [-0.39, 0.29) is 35.0 Å².